The lowest BCUT2D eigenvalue weighted by Crippen LogP contribution is -2.71. The van der Waals surface area contributed by atoms with Gasteiger partial charge in [-0.3, -0.25) is 24.2 Å². The minimum absolute atomic E-state index is 0.158. The first-order chi connectivity index (χ1) is 18.0. The van der Waals surface area contributed by atoms with E-state index in [4.69, 9.17) is 16.3 Å². The number of oxime groups is 1. The molecule has 0 aromatic carbocycles. The van der Waals surface area contributed by atoms with Gasteiger partial charge in [0.1, 0.15) is 41.3 Å². The van der Waals surface area contributed by atoms with Gasteiger partial charge in [0.05, 0.1) is 25.8 Å². The second kappa shape index (κ2) is 10.6. The zero-order chi connectivity index (χ0) is 27.9. The second-order valence-electron chi connectivity index (χ2n) is 8.37. The van der Waals surface area contributed by atoms with E-state index < -0.39 is 35.1 Å². The van der Waals surface area contributed by atoms with Crippen LogP contribution < -0.4 is 31.4 Å². The van der Waals surface area contributed by atoms with Crippen molar-refractivity contribution in [3.8, 4) is 0 Å². The molecular formula is C21H24N8O6S3. The Morgan fingerprint density at radius 2 is 2.13 bits per heavy atom. The van der Waals surface area contributed by atoms with E-state index in [9.17, 15) is 24.3 Å². The van der Waals surface area contributed by atoms with Crippen molar-refractivity contribution in [2.45, 2.75) is 18.3 Å². The molecule has 4 rings (SSSR count). The number of nitrogens with two attached hydrogens (primary N) is 2. The van der Waals surface area contributed by atoms with Gasteiger partial charge in [-0.15, -0.1) is 23.1 Å². The number of fused-ring (bicyclic) bond motifs is 1. The molecule has 2 atom stereocenters. The van der Waals surface area contributed by atoms with Crippen molar-refractivity contribution < 1.29 is 33.7 Å². The fourth-order valence-corrected chi connectivity index (χ4v) is 7.09. The summed E-state index contributed by atoms with van der Waals surface area (Å²) in [6, 6.07) is -0.991. The zero-order valence-electron chi connectivity index (χ0n) is 20.7. The quantitative estimate of drug-likeness (QED) is 0.128. The summed E-state index contributed by atoms with van der Waals surface area (Å²) >= 11 is 3.61. The van der Waals surface area contributed by atoms with E-state index in [0.29, 0.717) is 21.3 Å². The highest BCUT2D eigenvalue weighted by Gasteiger charge is 2.53. The minimum atomic E-state index is -1.50. The molecule has 0 saturated carbocycles. The summed E-state index contributed by atoms with van der Waals surface area (Å²) < 4.78 is 1.79. The molecule has 2 aliphatic heterocycles. The van der Waals surface area contributed by atoms with Crippen LogP contribution in [-0.4, -0.2) is 77.2 Å². The molecule has 4 heterocycles. The predicted octanol–water partition coefficient (Wildman–Crippen LogP) is -2.09. The third kappa shape index (κ3) is 4.79. The van der Waals surface area contributed by atoms with Gasteiger partial charge in [-0.1, -0.05) is 5.16 Å². The molecule has 1 unspecified atom stereocenters. The van der Waals surface area contributed by atoms with E-state index in [1.54, 1.807) is 30.5 Å². The number of nitrogens with zero attached hydrogens (tertiary/aromatic N) is 5. The number of aromatic nitrogens is 2. The first-order valence-electron chi connectivity index (χ1n) is 11.0. The van der Waals surface area contributed by atoms with E-state index in [-0.39, 0.29) is 34.5 Å². The van der Waals surface area contributed by atoms with Crippen LogP contribution in [0.15, 0.2) is 21.8 Å². The number of nitrogens with one attached hydrogen (secondary N) is 1. The number of thiazole rings is 2. The van der Waals surface area contributed by atoms with Gasteiger partial charge >= 0.3 is 5.13 Å². The van der Waals surface area contributed by atoms with Gasteiger partial charge in [0.25, 0.3) is 17.7 Å². The van der Waals surface area contributed by atoms with Gasteiger partial charge in [-0.2, -0.15) is 0 Å². The van der Waals surface area contributed by atoms with E-state index in [1.165, 1.54) is 35.6 Å². The lowest BCUT2D eigenvalue weighted by Gasteiger charge is -2.50. The number of nitrogen functional groups attached to an aromatic ring is 1. The standard InChI is InChI=1S/C21H24N8O6S3/c1-8-14(15(22)30)38-21(28(8)3)27(2)5-9-6-36-18-12(17(32)29(18)13(9)19(33)34)25-16(31)11(26-35-4)10-7-37-20(23)24-10/h7,12,18H,5-6H2,1-4H3,(H5-,22,23,24,25,30,31,33,34)/b26-11+/t12?,18-/m1/s1. The van der Waals surface area contributed by atoms with Crippen LogP contribution in [0, 0.1) is 6.92 Å². The maximum Gasteiger partial charge on any atom is 0.336 e. The Bertz CT molecular complexity index is 1400. The molecule has 5 N–H and O–H groups in total. The number of hydrogen-bond acceptors (Lipinski definition) is 13. The fourth-order valence-electron chi connectivity index (χ4n) is 4.14. The van der Waals surface area contributed by atoms with Crippen LogP contribution >= 0.6 is 34.4 Å². The fraction of sp³-hybridized carbons (Fsp3) is 0.381. The van der Waals surface area contributed by atoms with Crippen molar-refractivity contribution in [2.75, 3.05) is 37.1 Å². The Morgan fingerprint density at radius 1 is 1.42 bits per heavy atom. The van der Waals surface area contributed by atoms with Gasteiger partial charge in [-0.25, -0.2) is 9.55 Å². The third-order valence-electron chi connectivity index (χ3n) is 5.98. The predicted molar refractivity (Wildman–Crippen MR) is 139 cm³/mol. The number of rotatable bonds is 9. The highest BCUT2D eigenvalue weighted by Crippen LogP contribution is 2.40. The number of likely N-dealkylation sites (N-methyl/N-ethyl adjacent to an activating group) is 1. The molecule has 0 radical (unpaired) electrons. The summed E-state index contributed by atoms with van der Waals surface area (Å²) in [5.41, 5.74) is 12.0. The molecule has 14 nitrogen and oxygen atoms in total. The molecule has 38 heavy (non-hydrogen) atoms. The van der Waals surface area contributed by atoms with Gasteiger partial charge in [-0.05, 0) is 18.3 Å². The first kappa shape index (κ1) is 27.3. The molecule has 2 aromatic rings. The van der Waals surface area contributed by atoms with Crippen LogP contribution in [0.4, 0.5) is 10.3 Å². The number of thioether (sulfide) groups is 1. The molecular weight excluding hydrogens is 556 g/mol. The highest BCUT2D eigenvalue weighted by atomic mass is 32.2. The number of carboxylic acid groups (broad SMARTS) is 1. The van der Waals surface area contributed by atoms with Crippen molar-refractivity contribution in [2.24, 2.45) is 17.9 Å². The number of primary amides is 1. The topological polar surface area (TPSA) is 200 Å². The first-order valence-corrected chi connectivity index (χ1v) is 13.7. The number of amides is 3. The minimum Gasteiger partial charge on any atom is -0.543 e. The maximum atomic E-state index is 13.0. The second-order valence-corrected chi connectivity index (χ2v) is 11.3. The van der Waals surface area contributed by atoms with Gasteiger partial charge in [0.15, 0.2) is 10.8 Å². The molecule has 0 spiro atoms. The molecule has 0 aliphatic carbocycles. The highest BCUT2D eigenvalue weighted by molar-refractivity contribution is 8.00. The smallest absolute Gasteiger partial charge is 0.336 e. The summed E-state index contributed by atoms with van der Waals surface area (Å²) in [5, 5.41) is 20.2. The lowest BCUT2D eigenvalue weighted by atomic mass is 10.0. The van der Waals surface area contributed by atoms with Crippen LogP contribution in [-0.2, 0) is 26.3 Å². The zero-order valence-corrected chi connectivity index (χ0v) is 23.2. The van der Waals surface area contributed by atoms with Crippen molar-refractivity contribution in [3.63, 3.8) is 0 Å². The Hall–Kier alpha value is -3.70. The van der Waals surface area contributed by atoms with Crippen molar-refractivity contribution >= 4 is 74.1 Å². The van der Waals surface area contributed by atoms with E-state index >= 15 is 0 Å². The largest absolute Gasteiger partial charge is 0.543 e. The van der Waals surface area contributed by atoms with Crippen LogP contribution in [0.5, 0.6) is 0 Å². The van der Waals surface area contributed by atoms with Crippen LogP contribution in [0.3, 0.4) is 0 Å². The Labute approximate surface area is 228 Å². The molecule has 202 valence electrons. The Balaban J connectivity index is 1.54. The normalized spacial score (nSPS) is 19.1. The molecule has 1 saturated heterocycles. The molecule has 17 heteroatoms. The van der Waals surface area contributed by atoms with Crippen molar-refractivity contribution in [1.82, 2.24) is 15.2 Å². The third-order valence-corrected chi connectivity index (χ3v) is 9.46. The van der Waals surface area contributed by atoms with Gasteiger partial charge < -0.3 is 31.5 Å². The number of β-lactam (4-membered cyclic amide) rings is 1. The summed E-state index contributed by atoms with van der Waals surface area (Å²) in [5.74, 6) is -3.10. The van der Waals surface area contributed by atoms with E-state index in [2.05, 4.69) is 15.5 Å². The Morgan fingerprint density at radius 3 is 2.68 bits per heavy atom. The van der Waals surface area contributed by atoms with Crippen LogP contribution in [0.2, 0.25) is 0 Å². The number of carbonyl (C=O) groups is 4. The summed E-state index contributed by atoms with van der Waals surface area (Å²) in [6.45, 7) is 1.92. The number of aliphatic carboxylic acids is 1. The summed E-state index contributed by atoms with van der Waals surface area (Å²) in [6.07, 6.45) is 0. The monoisotopic (exact) mass is 580 g/mol. The molecule has 2 aliphatic rings. The number of anilines is 2. The van der Waals surface area contributed by atoms with Gasteiger partial charge in [0, 0.05) is 16.7 Å². The van der Waals surface area contributed by atoms with Crippen LogP contribution in [0.25, 0.3) is 0 Å². The number of carbonyl (C=O) groups excluding carboxylic acids is 4. The lowest BCUT2D eigenvalue weighted by molar-refractivity contribution is -0.660. The van der Waals surface area contributed by atoms with E-state index in [1.807, 2.05) is 0 Å². The molecule has 3 amide bonds. The Kier molecular flexibility index (Phi) is 7.61. The SMILES string of the molecule is CO/N=C(/C(=O)NC1C(=O)N2C(C(=O)[O-])=C(CN(C)c3sc(C(N)=O)c(C)[n+]3C)CS[C@H]12)c1csc(N)n1. The molecule has 1 fully saturated rings. The number of hydrogen-bond donors (Lipinski definition) is 3. The summed E-state index contributed by atoms with van der Waals surface area (Å²) in [4.78, 5) is 61.9. The van der Waals surface area contributed by atoms with Crippen LogP contribution in [0.1, 0.15) is 21.1 Å². The average Bonchev–Trinajstić information content (AvgIpc) is 3.42. The molecule has 2 aromatic heterocycles. The average molecular weight is 581 g/mol. The summed E-state index contributed by atoms with van der Waals surface area (Å²) in [7, 11) is 4.78. The molecule has 0 bridgehead atoms. The van der Waals surface area contributed by atoms with Gasteiger partial charge in [0.2, 0.25) is 0 Å². The van der Waals surface area contributed by atoms with Crippen molar-refractivity contribution in [3.05, 3.63) is 32.9 Å². The van der Waals surface area contributed by atoms with E-state index in [0.717, 1.165) is 16.2 Å². The maximum absolute atomic E-state index is 13.0. The number of carboxylic acids is 1. The van der Waals surface area contributed by atoms with Crippen molar-refractivity contribution in [1.29, 1.82) is 0 Å².